The van der Waals surface area contributed by atoms with Gasteiger partial charge in [-0.05, 0) is 67.5 Å². The van der Waals surface area contributed by atoms with E-state index in [-0.39, 0.29) is 17.4 Å². The molecule has 1 N–H and O–H groups in total. The van der Waals surface area contributed by atoms with Crippen LogP contribution in [0.1, 0.15) is 61.3 Å². The summed E-state index contributed by atoms with van der Waals surface area (Å²) in [6, 6.07) is 15.6. The fourth-order valence-corrected chi connectivity index (χ4v) is 6.38. The van der Waals surface area contributed by atoms with Crippen LogP contribution in [-0.2, 0) is 19.7 Å². The Kier molecular flexibility index (Phi) is 6.49. The summed E-state index contributed by atoms with van der Waals surface area (Å²) >= 11 is 6.46. The first-order valence-electron chi connectivity index (χ1n) is 12.2. The molecule has 0 radical (unpaired) electrons. The molecule has 2 atom stereocenters. The van der Waals surface area contributed by atoms with Crippen molar-refractivity contribution in [2.45, 2.75) is 56.8 Å². The highest BCUT2D eigenvalue weighted by molar-refractivity contribution is 6.30. The van der Waals surface area contributed by atoms with Crippen molar-refractivity contribution in [2.75, 3.05) is 32.8 Å². The van der Waals surface area contributed by atoms with Gasteiger partial charge in [0, 0.05) is 55.2 Å². The molecule has 1 aliphatic heterocycles. The number of nitrogens with one attached hydrogen (secondary N) is 1. The van der Waals surface area contributed by atoms with Crippen LogP contribution in [0.4, 0.5) is 0 Å². The zero-order valence-electron chi connectivity index (χ0n) is 19.5. The lowest BCUT2D eigenvalue weighted by Gasteiger charge is -2.40. The molecule has 2 aromatic carbocycles. The molecule has 5 nitrogen and oxygen atoms in total. The van der Waals surface area contributed by atoms with Gasteiger partial charge in [-0.2, -0.15) is 0 Å². The SMILES string of the molecule is CCOC(OCC)C(=O)NC1CCN(C[C@@]23C[C@H](c4ccccc42)c2ccc(Cl)cc23)CC1. The lowest BCUT2D eigenvalue weighted by atomic mass is 9.74. The van der Waals surface area contributed by atoms with Gasteiger partial charge in [-0.25, -0.2) is 0 Å². The largest absolute Gasteiger partial charge is 0.349 e. The molecule has 6 heteroatoms. The van der Waals surface area contributed by atoms with Crippen molar-refractivity contribution < 1.29 is 14.3 Å². The number of likely N-dealkylation sites (tertiary alicyclic amines) is 1. The molecule has 0 unspecified atom stereocenters. The Morgan fingerprint density at radius 1 is 1.09 bits per heavy atom. The Hall–Kier alpha value is -1.92. The second-order valence-electron chi connectivity index (χ2n) is 9.46. The standard InChI is InChI=1S/C27H33ClN2O3/c1-3-32-26(33-4-2)25(31)29-19-11-13-30(14-12-19)17-27-16-22(20-7-5-6-8-23(20)27)21-10-9-18(28)15-24(21)27/h5-10,15,19,22,26H,3-4,11-14,16-17H2,1-2H3,(H,29,31)/t22-,27+/m1/s1. The Balaban J connectivity index is 1.28. The van der Waals surface area contributed by atoms with E-state index in [0.717, 1.165) is 43.9 Å². The summed E-state index contributed by atoms with van der Waals surface area (Å²) in [7, 11) is 0. The molecular formula is C27H33ClN2O3. The van der Waals surface area contributed by atoms with E-state index in [1.54, 1.807) is 0 Å². The average molecular weight is 469 g/mol. The molecule has 2 aromatic rings. The van der Waals surface area contributed by atoms with Gasteiger partial charge in [-0.3, -0.25) is 4.79 Å². The van der Waals surface area contributed by atoms with Gasteiger partial charge in [-0.15, -0.1) is 0 Å². The van der Waals surface area contributed by atoms with Crippen LogP contribution in [0.3, 0.4) is 0 Å². The highest BCUT2D eigenvalue weighted by atomic mass is 35.5. The fourth-order valence-electron chi connectivity index (χ4n) is 6.21. The number of halogens is 1. The van der Waals surface area contributed by atoms with Crippen molar-refractivity contribution in [3.05, 3.63) is 69.7 Å². The topological polar surface area (TPSA) is 50.8 Å². The normalized spacial score (nSPS) is 24.2. The quantitative estimate of drug-likeness (QED) is 0.581. The molecule has 1 saturated heterocycles. The molecule has 2 aliphatic carbocycles. The van der Waals surface area contributed by atoms with E-state index in [0.29, 0.717) is 19.1 Å². The summed E-state index contributed by atoms with van der Waals surface area (Å²) < 4.78 is 10.9. The number of fused-ring (bicyclic) bond motifs is 8. The van der Waals surface area contributed by atoms with Crippen molar-refractivity contribution in [2.24, 2.45) is 0 Å². The molecule has 1 fully saturated rings. The van der Waals surface area contributed by atoms with Crippen LogP contribution in [0.25, 0.3) is 0 Å². The van der Waals surface area contributed by atoms with Crippen LogP contribution < -0.4 is 5.32 Å². The summed E-state index contributed by atoms with van der Waals surface area (Å²) in [5.74, 6) is 0.307. The van der Waals surface area contributed by atoms with Crippen LogP contribution in [0.5, 0.6) is 0 Å². The molecule has 33 heavy (non-hydrogen) atoms. The molecule has 3 aliphatic rings. The van der Waals surface area contributed by atoms with Gasteiger partial charge < -0.3 is 19.7 Å². The van der Waals surface area contributed by atoms with Gasteiger partial charge in [0.05, 0.1) is 0 Å². The summed E-state index contributed by atoms with van der Waals surface area (Å²) in [5, 5.41) is 3.96. The van der Waals surface area contributed by atoms with E-state index >= 15 is 0 Å². The third kappa shape index (κ3) is 4.10. The predicted molar refractivity (Wildman–Crippen MR) is 130 cm³/mol. The average Bonchev–Trinajstić information content (AvgIpc) is 3.32. The second-order valence-corrected chi connectivity index (χ2v) is 9.90. The van der Waals surface area contributed by atoms with Crippen LogP contribution in [0.15, 0.2) is 42.5 Å². The van der Waals surface area contributed by atoms with Gasteiger partial charge in [-0.1, -0.05) is 41.9 Å². The lowest BCUT2D eigenvalue weighted by Crippen LogP contribution is -2.50. The van der Waals surface area contributed by atoms with Crippen LogP contribution >= 0.6 is 11.6 Å². The Morgan fingerprint density at radius 3 is 2.52 bits per heavy atom. The van der Waals surface area contributed by atoms with Crippen molar-refractivity contribution in [3.63, 3.8) is 0 Å². The maximum Gasteiger partial charge on any atom is 0.277 e. The van der Waals surface area contributed by atoms with Crippen LogP contribution in [0.2, 0.25) is 5.02 Å². The minimum Gasteiger partial charge on any atom is -0.349 e. The number of piperidine rings is 1. The number of nitrogens with zero attached hydrogens (tertiary/aromatic N) is 1. The van der Waals surface area contributed by atoms with E-state index in [2.05, 4.69) is 46.6 Å². The first-order chi connectivity index (χ1) is 16.1. The maximum absolute atomic E-state index is 12.6. The van der Waals surface area contributed by atoms with Gasteiger partial charge in [0.25, 0.3) is 5.91 Å². The maximum atomic E-state index is 12.6. The number of hydrogen-bond acceptors (Lipinski definition) is 4. The van der Waals surface area contributed by atoms with E-state index in [1.165, 1.54) is 22.3 Å². The molecular weight excluding hydrogens is 436 g/mol. The van der Waals surface area contributed by atoms with E-state index in [9.17, 15) is 4.79 Å². The molecule has 176 valence electrons. The van der Waals surface area contributed by atoms with Crippen molar-refractivity contribution in [3.8, 4) is 0 Å². The second kappa shape index (κ2) is 9.38. The summed E-state index contributed by atoms with van der Waals surface area (Å²) in [5.41, 5.74) is 5.81. The van der Waals surface area contributed by atoms with Crippen molar-refractivity contribution >= 4 is 17.5 Å². The number of ether oxygens (including phenoxy) is 2. The number of carbonyl (C=O) groups excluding carboxylic acids is 1. The zero-order chi connectivity index (χ0) is 23.0. The molecule has 0 spiro atoms. The van der Waals surface area contributed by atoms with Crippen molar-refractivity contribution in [1.82, 2.24) is 10.2 Å². The number of amides is 1. The predicted octanol–water partition coefficient (Wildman–Crippen LogP) is 4.45. The van der Waals surface area contributed by atoms with Gasteiger partial charge in [0.15, 0.2) is 0 Å². The van der Waals surface area contributed by atoms with Gasteiger partial charge >= 0.3 is 0 Å². The molecule has 1 amide bonds. The molecule has 0 aromatic heterocycles. The van der Waals surface area contributed by atoms with E-state index in [4.69, 9.17) is 21.1 Å². The summed E-state index contributed by atoms with van der Waals surface area (Å²) in [6.07, 6.45) is 2.17. The zero-order valence-corrected chi connectivity index (χ0v) is 20.2. The smallest absolute Gasteiger partial charge is 0.277 e. The highest BCUT2D eigenvalue weighted by Crippen LogP contribution is 2.60. The number of hydrogen-bond donors (Lipinski definition) is 1. The molecule has 0 saturated carbocycles. The Bertz CT molecular complexity index is 1010. The Labute approximate surface area is 201 Å². The van der Waals surface area contributed by atoms with Gasteiger partial charge in [0.1, 0.15) is 0 Å². The number of rotatable bonds is 8. The highest BCUT2D eigenvalue weighted by Gasteiger charge is 2.53. The minimum atomic E-state index is -0.816. The summed E-state index contributed by atoms with van der Waals surface area (Å²) in [6.45, 7) is 7.56. The van der Waals surface area contributed by atoms with Crippen LogP contribution in [0, 0.1) is 0 Å². The number of benzene rings is 2. The monoisotopic (exact) mass is 468 g/mol. The van der Waals surface area contributed by atoms with Gasteiger partial charge in [0.2, 0.25) is 6.29 Å². The molecule has 5 rings (SSSR count). The third-order valence-corrected chi connectivity index (χ3v) is 7.82. The minimum absolute atomic E-state index is 0.00655. The number of carbonyl (C=O) groups is 1. The third-order valence-electron chi connectivity index (χ3n) is 7.59. The first kappa shape index (κ1) is 22.9. The fraction of sp³-hybridized carbons (Fsp3) is 0.519. The van der Waals surface area contributed by atoms with Crippen LogP contribution in [-0.4, -0.2) is 56.0 Å². The molecule has 2 bridgehead atoms. The summed E-state index contributed by atoms with van der Waals surface area (Å²) in [4.78, 5) is 15.1. The first-order valence-corrected chi connectivity index (χ1v) is 12.6. The lowest BCUT2D eigenvalue weighted by molar-refractivity contribution is -0.171. The van der Waals surface area contributed by atoms with E-state index in [1.807, 2.05) is 19.9 Å². The molecule has 1 heterocycles. The van der Waals surface area contributed by atoms with Crippen molar-refractivity contribution in [1.29, 1.82) is 0 Å². The Morgan fingerprint density at radius 2 is 1.79 bits per heavy atom. The van der Waals surface area contributed by atoms with E-state index < -0.39 is 6.29 Å².